The maximum atomic E-state index is 11.6. The number of esters is 1. The molecule has 2 rings (SSSR count). The van der Waals surface area contributed by atoms with Crippen LogP contribution >= 0.6 is 0 Å². The van der Waals surface area contributed by atoms with Gasteiger partial charge in [-0.2, -0.15) is 9.90 Å². The molecule has 0 N–H and O–H groups in total. The lowest BCUT2D eigenvalue weighted by molar-refractivity contribution is 0.0518. The third-order valence-corrected chi connectivity index (χ3v) is 2.51. The van der Waals surface area contributed by atoms with Crippen molar-refractivity contribution in [2.75, 3.05) is 6.61 Å². The molecule has 0 unspecified atom stereocenters. The highest BCUT2D eigenvalue weighted by molar-refractivity contribution is 5.88. The van der Waals surface area contributed by atoms with Crippen molar-refractivity contribution in [1.29, 1.82) is 0 Å². The summed E-state index contributed by atoms with van der Waals surface area (Å²) in [6, 6.07) is 6.73. The quantitative estimate of drug-likeness (QED) is 0.615. The molecule has 1 aromatic carbocycles. The average Bonchev–Trinajstić information content (AvgIpc) is 2.81. The molecule has 1 heterocycles. The van der Waals surface area contributed by atoms with E-state index in [9.17, 15) is 9.59 Å². The predicted octanol–water partition coefficient (Wildman–Crippen LogP) is 1.56. The number of carbonyl (C=O) groups is 2. The zero-order valence-corrected chi connectivity index (χ0v) is 10.7. The molecule has 0 radical (unpaired) electrons. The Kier molecular flexibility index (Phi) is 3.70. The monoisotopic (exact) mass is 259 g/mol. The van der Waals surface area contributed by atoms with E-state index < -0.39 is 5.97 Å². The molecule has 0 atom stereocenters. The number of rotatable bonds is 4. The molecule has 2 aromatic rings. The molecule has 98 valence electrons. The van der Waals surface area contributed by atoms with Crippen LogP contribution in [0.25, 0.3) is 5.69 Å². The van der Waals surface area contributed by atoms with E-state index >= 15 is 0 Å². The van der Waals surface area contributed by atoms with Crippen LogP contribution in [0.3, 0.4) is 0 Å². The summed E-state index contributed by atoms with van der Waals surface area (Å²) in [7, 11) is 0. The summed E-state index contributed by atoms with van der Waals surface area (Å²) in [5.74, 6) is -0.490. The molecule has 1 aromatic heterocycles. The van der Waals surface area contributed by atoms with Crippen LogP contribution in [0.15, 0.2) is 24.3 Å². The minimum atomic E-state index is -0.490. The van der Waals surface area contributed by atoms with Gasteiger partial charge in [0.1, 0.15) is 6.29 Å². The van der Waals surface area contributed by atoms with E-state index in [-0.39, 0.29) is 5.69 Å². The van der Waals surface area contributed by atoms with Gasteiger partial charge in [-0.05, 0) is 38.1 Å². The van der Waals surface area contributed by atoms with Crippen LogP contribution < -0.4 is 0 Å². The standard InChI is InChI=1S/C13H13N3O3/c1-3-19-13(18)12-9(2)14-16(15-12)11-6-4-10(8-17)5-7-11/h4-8H,3H2,1-2H3. The fraction of sp³-hybridized carbons (Fsp3) is 0.231. The predicted molar refractivity (Wildman–Crippen MR) is 67.4 cm³/mol. The third-order valence-electron chi connectivity index (χ3n) is 2.51. The van der Waals surface area contributed by atoms with E-state index in [4.69, 9.17) is 4.74 Å². The summed E-state index contributed by atoms with van der Waals surface area (Å²) >= 11 is 0. The van der Waals surface area contributed by atoms with Crippen LogP contribution in [-0.4, -0.2) is 33.9 Å². The lowest BCUT2D eigenvalue weighted by atomic mass is 10.2. The second-order valence-electron chi connectivity index (χ2n) is 3.85. The Balaban J connectivity index is 2.32. The maximum Gasteiger partial charge on any atom is 0.360 e. The molecule has 0 aliphatic rings. The van der Waals surface area contributed by atoms with Gasteiger partial charge in [0.15, 0.2) is 5.69 Å². The van der Waals surface area contributed by atoms with Crippen molar-refractivity contribution < 1.29 is 14.3 Å². The largest absolute Gasteiger partial charge is 0.461 e. The van der Waals surface area contributed by atoms with Crippen molar-refractivity contribution in [1.82, 2.24) is 15.0 Å². The normalized spacial score (nSPS) is 10.2. The highest BCUT2D eigenvalue weighted by atomic mass is 16.5. The van der Waals surface area contributed by atoms with Gasteiger partial charge in [-0.25, -0.2) is 4.79 Å². The number of ether oxygens (including phenoxy) is 1. The second kappa shape index (κ2) is 5.43. The summed E-state index contributed by atoms with van der Waals surface area (Å²) in [5.41, 5.74) is 1.93. The molecule has 0 amide bonds. The van der Waals surface area contributed by atoms with Crippen LogP contribution in [0.4, 0.5) is 0 Å². The molecular weight excluding hydrogens is 246 g/mol. The Morgan fingerprint density at radius 2 is 2.00 bits per heavy atom. The third kappa shape index (κ3) is 2.67. The van der Waals surface area contributed by atoms with Crippen LogP contribution in [-0.2, 0) is 4.74 Å². The fourth-order valence-electron chi connectivity index (χ4n) is 1.57. The van der Waals surface area contributed by atoms with Crippen LogP contribution in [0.1, 0.15) is 33.5 Å². The van der Waals surface area contributed by atoms with Gasteiger partial charge in [-0.1, -0.05) is 0 Å². The van der Waals surface area contributed by atoms with Crippen LogP contribution in [0.2, 0.25) is 0 Å². The molecule has 0 aliphatic heterocycles. The second-order valence-corrected chi connectivity index (χ2v) is 3.85. The van der Waals surface area contributed by atoms with Gasteiger partial charge in [0.05, 0.1) is 18.0 Å². The summed E-state index contributed by atoms with van der Waals surface area (Å²) in [5, 5.41) is 8.25. The summed E-state index contributed by atoms with van der Waals surface area (Å²) in [6.45, 7) is 3.71. The molecule has 6 heteroatoms. The average molecular weight is 259 g/mol. The number of benzene rings is 1. The zero-order valence-electron chi connectivity index (χ0n) is 10.7. The van der Waals surface area contributed by atoms with Crippen molar-refractivity contribution in [2.45, 2.75) is 13.8 Å². The number of nitrogens with zero attached hydrogens (tertiary/aromatic N) is 3. The zero-order chi connectivity index (χ0) is 13.8. The molecular formula is C13H13N3O3. The van der Waals surface area contributed by atoms with Gasteiger partial charge >= 0.3 is 5.97 Å². The summed E-state index contributed by atoms with van der Waals surface area (Å²) in [4.78, 5) is 23.5. The number of hydrogen-bond acceptors (Lipinski definition) is 5. The lowest BCUT2D eigenvalue weighted by Crippen LogP contribution is -2.07. The van der Waals surface area contributed by atoms with Gasteiger partial charge in [-0.3, -0.25) is 4.79 Å². The molecule has 0 aliphatic carbocycles. The summed E-state index contributed by atoms with van der Waals surface area (Å²) in [6.07, 6.45) is 0.760. The number of carbonyl (C=O) groups excluding carboxylic acids is 2. The maximum absolute atomic E-state index is 11.6. The first-order valence-corrected chi connectivity index (χ1v) is 5.82. The van der Waals surface area contributed by atoms with Crippen molar-refractivity contribution >= 4 is 12.3 Å². The van der Waals surface area contributed by atoms with E-state index in [2.05, 4.69) is 10.2 Å². The Bertz CT molecular complexity index is 602. The highest BCUT2D eigenvalue weighted by Gasteiger charge is 2.17. The summed E-state index contributed by atoms with van der Waals surface area (Å²) < 4.78 is 4.89. The number of aromatic nitrogens is 3. The van der Waals surface area contributed by atoms with Gasteiger partial charge in [-0.15, -0.1) is 5.10 Å². The van der Waals surface area contributed by atoms with Crippen molar-refractivity contribution in [3.63, 3.8) is 0 Å². The Hall–Kier alpha value is -2.50. The highest BCUT2D eigenvalue weighted by Crippen LogP contribution is 2.10. The minimum absolute atomic E-state index is 0.196. The Labute approximate surface area is 110 Å². The fourth-order valence-corrected chi connectivity index (χ4v) is 1.57. The van der Waals surface area contributed by atoms with Crippen molar-refractivity contribution in [3.8, 4) is 5.69 Å². The first-order chi connectivity index (χ1) is 9.15. The molecule has 0 saturated heterocycles. The van der Waals surface area contributed by atoms with E-state index in [1.54, 1.807) is 38.1 Å². The molecule has 0 spiro atoms. The molecule has 0 bridgehead atoms. The topological polar surface area (TPSA) is 74.1 Å². The van der Waals surface area contributed by atoms with Gasteiger partial charge < -0.3 is 4.74 Å². The van der Waals surface area contributed by atoms with Crippen molar-refractivity contribution in [2.24, 2.45) is 0 Å². The number of aryl methyl sites for hydroxylation is 1. The lowest BCUT2D eigenvalue weighted by Gasteiger charge is -1.99. The van der Waals surface area contributed by atoms with Gasteiger partial charge in [0.2, 0.25) is 0 Å². The van der Waals surface area contributed by atoms with Gasteiger partial charge in [0, 0.05) is 5.56 Å². The smallest absolute Gasteiger partial charge is 0.360 e. The van der Waals surface area contributed by atoms with E-state index in [0.29, 0.717) is 23.6 Å². The Morgan fingerprint density at radius 1 is 1.32 bits per heavy atom. The van der Waals surface area contributed by atoms with E-state index in [1.165, 1.54) is 4.80 Å². The number of aldehydes is 1. The SMILES string of the molecule is CCOC(=O)c1nn(-c2ccc(C=O)cc2)nc1C. The number of hydrogen-bond donors (Lipinski definition) is 0. The first-order valence-electron chi connectivity index (χ1n) is 5.82. The molecule has 6 nitrogen and oxygen atoms in total. The first kappa shape index (κ1) is 12.9. The Morgan fingerprint density at radius 3 is 2.58 bits per heavy atom. The van der Waals surface area contributed by atoms with Crippen LogP contribution in [0.5, 0.6) is 0 Å². The van der Waals surface area contributed by atoms with E-state index in [0.717, 1.165) is 6.29 Å². The molecule has 19 heavy (non-hydrogen) atoms. The molecule has 0 saturated carbocycles. The van der Waals surface area contributed by atoms with E-state index in [1.807, 2.05) is 0 Å². The van der Waals surface area contributed by atoms with Crippen molar-refractivity contribution in [3.05, 3.63) is 41.2 Å². The molecule has 0 fully saturated rings. The minimum Gasteiger partial charge on any atom is -0.461 e. The van der Waals surface area contributed by atoms with Crippen LogP contribution in [0, 0.1) is 6.92 Å². The van der Waals surface area contributed by atoms with Gasteiger partial charge in [0.25, 0.3) is 0 Å².